The standard InChI is InChI=1S/C14H19F2NO2/c1-9(11-3-4-12(15)13(16)7-11)17-8-14(18)5-6-19-10(14)2/h3-4,7,9-10,17-18H,5-6,8H2,1-2H3. The van der Waals surface area contributed by atoms with E-state index in [-0.39, 0.29) is 12.1 Å². The van der Waals surface area contributed by atoms with Crippen molar-refractivity contribution >= 4 is 0 Å². The van der Waals surface area contributed by atoms with Gasteiger partial charge < -0.3 is 15.2 Å². The predicted molar refractivity (Wildman–Crippen MR) is 67.8 cm³/mol. The lowest BCUT2D eigenvalue weighted by Crippen LogP contribution is -2.46. The highest BCUT2D eigenvalue weighted by molar-refractivity contribution is 5.20. The van der Waals surface area contributed by atoms with Gasteiger partial charge in [-0.2, -0.15) is 0 Å². The Kier molecular flexibility index (Phi) is 4.18. The van der Waals surface area contributed by atoms with Gasteiger partial charge in [0.1, 0.15) is 5.60 Å². The van der Waals surface area contributed by atoms with Gasteiger partial charge in [0.05, 0.1) is 6.10 Å². The number of halogens is 2. The molecule has 0 aliphatic carbocycles. The quantitative estimate of drug-likeness (QED) is 0.881. The largest absolute Gasteiger partial charge is 0.386 e. The third kappa shape index (κ3) is 3.11. The van der Waals surface area contributed by atoms with Gasteiger partial charge in [-0.05, 0) is 31.5 Å². The monoisotopic (exact) mass is 271 g/mol. The second kappa shape index (κ2) is 5.53. The van der Waals surface area contributed by atoms with Gasteiger partial charge in [0.25, 0.3) is 0 Å². The van der Waals surface area contributed by atoms with Crippen LogP contribution in [0.1, 0.15) is 31.9 Å². The molecule has 1 aliphatic rings. The summed E-state index contributed by atoms with van der Waals surface area (Å²) < 4.78 is 31.3. The molecule has 1 aliphatic heterocycles. The van der Waals surface area contributed by atoms with Gasteiger partial charge in [-0.3, -0.25) is 0 Å². The number of nitrogens with one attached hydrogen (secondary N) is 1. The molecule has 0 spiro atoms. The molecule has 0 saturated carbocycles. The fourth-order valence-corrected chi connectivity index (χ4v) is 2.23. The molecule has 2 N–H and O–H groups in total. The van der Waals surface area contributed by atoms with Crippen LogP contribution in [0.3, 0.4) is 0 Å². The molecule has 106 valence electrons. The van der Waals surface area contributed by atoms with Crippen molar-refractivity contribution in [2.24, 2.45) is 0 Å². The number of benzene rings is 1. The van der Waals surface area contributed by atoms with Crippen LogP contribution in [-0.4, -0.2) is 30.0 Å². The van der Waals surface area contributed by atoms with Crippen LogP contribution in [0.2, 0.25) is 0 Å². The normalized spacial score (nSPS) is 28.6. The molecule has 1 fully saturated rings. The van der Waals surface area contributed by atoms with Crippen LogP contribution in [0.25, 0.3) is 0 Å². The fraction of sp³-hybridized carbons (Fsp3) is 0.571. The number of hydrogen-bond acceptors (Lipinski definition) is 3. The van der Waals surface area contributed by atoms with Crippen molar-refractivity contribution in [1.29, 1.82) is 0 Å². The smallest absolute Gasteiger partial charge is 0.159 e. The van der Waals surface area contributed by atoms with Gasteiger partial charge in [-0.1, -0.05) is 6.07 Å². The predicted octanol–water partition coefficient (Wildman–Crippen LogP) is 2.16. The van der Waals surface area contributed by atoms with Gasteiger partial charge in [0.2, 0.25) is 0 Å². The topological polar surface area (TPSA) is 41.5 Å². The van der Waals surface area contributed by atoms with E-state index in [1.807, 2.05) is 13.8 Å². The number of hydrogen-bond donors (Lipinski definition) is 2. The summed E-state index contributed by atoms with van der Waals surface area (Å²) in [5.41, 5.74) is -0.249. The van der Waals surface area contributed by atoms with Crippen molar-refractivity contribution in [3.8, 4) is 0 Å². The first-order chi connectivity index (χ1) is 8.92. The summed E-state index contributed by atoms with van der Waals surface area (Å²) in [4.78, 5) is 0. The maximum absolute atomic E-state index is 13.1. The minimum absolute atomic E-state index is 0.174. The number of ether oxygens (including phenoxy) is 1. The molecule has 2 rings (SSSR count). The van der Waals surface area contributed by atoms with Crippen LogP contribution in [0.15, 0.2) is 18.2 Å². The molecule has 0 bridgehead atoms. The fourth-order valence-electron chi connectivity index (χ4n) is 2.23. The summed E-state index contributed by atoms with van der Waals surface area (Å²) in [7, 11) is 0. The second-order valence-corrected chi connectivity index (χ2v) is 5.14. The Labute approximate surface area is 111 Å². The summed E-state index contributed by atoms with van der Waals surface area (Å²) >= 11 is 0. The van der Waals surface area contributed by atoms with Crippen LogP contribution in [0, 0.1) is 11.6 Å². The van der Waals surface area contributed by atoms with Crippen LogP contribution < -0.4 is 5.32 Å². The van der Waals surface area contributed by atoms with E-state index in [9.17, 15) is 13.9 Å². The Balaban J connectivity index is 1.97. The maximum atomic E-state index is 13.1. The maximum Gasteiger partial charge on any atom is 0.159 e. The first kappa shape index (κ1) is 14.4. The lowest BCUT2D eigenvalue weighted by atomic mass is 9.96. The van der Waals surface area contributed by atoms with Gasteiger partial charge in [-0.15, -0.1) is 0 Å². The van der Waals surface area contributed by atoms with Crippen molar-refractivity contribution in [1.82, 2.24) is 5.32 Å². The molecular weight excluding hydrogens is 252 g/mol. The summed E-state index contributed by atoms with van der Waals surface area (Å²) in [5, 5.41) is 13.5. The highest BCUT2D eigenvalue weighted by atomic mass is 19.2. The van der Waals surface area contributed by atoms with Gasteiger partial charge in [0, 0.05) is 25.6 Å². The Morgan fingerprint density at radius 2 is 2.21 bits per heavy atom. The van der Waals surface area contributed by atoms with E-state index in [4.69, 9.17) is 4.74 Å². The number of rotatable bonds is 4. The van der Waals surface area contributed by atoms with E-state index in [0.717, 1.165) is 6.07 Å². The lowest BCUT2D eigenvalue weighted by molar-refractivity contribution is -0.0274. The van der Waals surface area contributed by atoms with E-state index < -0.39 is 17.2 Å². The molecule has 3 unspecified atom stereocenters. The van der Waals surface area contributed by atoms with Crippen molar-refractivity contribution in [2.75, 3.05) is 13.2 Å². The Bertz CT molecular complexity index is 455. The van der Waals surface area contributed by atoms with E-state index in [2.05, 4.69) is 5.32 Å². The van der Waals surface area contributed by atoms with E-state index >= 15 is 0 Å². The van der Waals surface area contributed by atoms with Crippen LogP contribution >= 0.6 is 0 Å². The van der Waals surface area contributed by atoms with Crippen LogP contribution in [0.5, 0.6) is 0 Å². The Hall–Kier alpha value is -1.04. The average Bonchev–Trinajstić information content (AvgIpc) is 2.71. The molecule has 1 heterocycles. The molecule has 5 heteroatoms. The SMILES string of the molecule is CC(NCC1(O)CCOC1C)c1ccc(F)c(F)c1. The van der Waals surface area contributed by atoms with Crippen molar-refractivity contribution in [3.63, 3.8) is 0 Å². The minimum Gasteiger partial charge on any atom is -0.386 e. The summed E-state index contributed by atoms with van der Waals surface area (Å²) in [6.45, 7) is 4.57. The first-order valence-corrected chi connectivity index (χ1v) is 6.45. The molecule has 0 radical (unpaired) electrons. The highest BCUT2D eigenvalue weighted by Gasteiger charge is 2.39. The highest BCUT2D eigenvalue weighted by Crippen LogP contribution is 2.26. The molecule has 3 atom stereocenters. The van der Waals surface area contributed by atoms with Crippen molar-refractivity contribution in [2.45, 2.75) is 38.0 Å². The average molecular weight is 271 g/mol. The zero-order chi connectivity index (χ0) is 14.0. The van der Waals surface area contributed by atoms with E-state index in [1.54, 1.807) is 0 Å². The van der Waals surface area contributed by atoms with Crippen molar-refractivity contribution < 1.29 is 18.6 Å². The number of aliphatic hydroxyl groups is 1. The second-order valence-electron chi connectivity index (χ2n) is 5.14. The molecular formula is C14H19F2NO2. The minimum atomic E-state index is -0.896. The van der Waals surface area contributed by atoms with Crippen LogP contribution in [0.4, 0.5) is 8.78 Å². The van der Waals surface area contributed by atoms with Crippen molar-refractivity contribution in [3.05, 3.63) is 35.4 Å². The molecule has 0 amide bonds. The third-order valence-corrected chi connectivity index (χ3v) is 3.82. The van der Waals surface area contributed by atoms with Gasteiger partial charge in [-0.25, -0.2) is 8.78 Å². The zero-order valence-corrected chi connectivity index (χ0v) is 11.1. The molecule has 1 aromatic rings. The molecule has 1 aromatic carbocycles. The Morgan fingerprint density at radius 1 is 1.47 bits per heavy atom. The summed E-state index contributed by atoms with van der Waals surface area (Å²) in [5.74, 6) is -1.71. The lowest BCUT2D eigenvalue weighted by Gasteiger charge is -2.28. The molecule has 0 aromatic heterocycles. The van der Waals surface area contributed by atoms with Crippen LogP contribution in [-0.2, 0) is 4.74 Å². The van der Waals surface area contributed by atoms with E-state index in [0.29, 0.717) is 25.1 Å². The third-order valence-electron chi connectivity index (χ3n) is 3.82. The van der Waals surface area contributed by atoms with E-state index in [1.165, 1.54) is 12.1 Å². The summed E-state index contributed by atoms with van der Waals surface area (Å²) in [6, 6.07) is 3.64. The Morgan fingerprint density at radius 3 is 2.79 bits per heavy atom. The van der Waals surface area contributed by atoms with Gasteiger partial charge >= 0.3 is 0 Å². The first-order valence-electron chi connectivity index (χ1n) is 6.45. The summed E-state index contributed by atoms with van der Waals surface area (Å²) in [6.07, 6.45) is 0.350. The molecule has 19 heavy (non-hydrogen) atoms. The molecule has 1 saturated heterocycles. The zero-order valence-electron chi connectivity index (χ0n) is 11.1. The molecule has 3 nitrogen and oxygen atoms in total. The van der Waals surface area contributed by atoms with Gasteiger partial charge in [0.15, 0.2) is 11.6 Å².